The van der Waals surface area contributed by atoms with E-state index in [-0.39, 0.29) is 0 Å². The Hall–Kier alpha value is -2.34. The Balaban J connectivity index is 2.16. The molecule has 1 aromatic carbocycles. The smallest absolute Gasteiger partial charge is 0.427 e. The van der Waals surface area contributed by atoms with Crippen molar-refractivity contribution in [2.45, 2.75) is 20.4 Å². The molecule has 2 rings (SSSR count). The zero-order chi connectivity index (χ0) is 16.1. The molecule has 0 bridgehead atoms. The molecule has 0 aliphatic carbocycles. The minimum absolute atomic E-state index is 0.466. The molecule has 116 valence electrons. The second kappa shape index (κ2) is 7.09. The van der Waals surface area contributed by atoms with Crippen LogP contribution in [-0.4, -0.2) is 29.2 Å². The van der Waals surface area contributed by atoms with Gasteiger partial charge in [0.15, 0.2) is 0 Å². The maximum absolute atomic E-state index is 10.9. The lowest BCUT2D eigenvalue weighted by Crippen LogP contribution is -2.16. The Kier molecular flexibility index (Phi) is 5.16. The number of ether oxygens (including phenoxy) is 1. The fourth-order valence-electron chi connectivity index (χ4n) is 1.88. The molecule has 0 radical (unpaired) electrons. The van der Waals surface area contributed by atoms with E-state index in [1.54, 1.807) is 4.68 Å². The predicted molar refractivity (Wildman–Crippen MR) is 85.4 cm³/mol. The number of rotatable bonds is 4. The van der Waals surface area contributed by atoms with Crippen LogP contribution in [0.1, 0.15) is 22.4 Å². The van der Waals surface area contributed by atoms with Crippen LogP contribution in [0, 0.1) is 13.8 Å². The Morgan fingerprint density at radius 1 is 1.41 bits per heavy atom. The third-order valence-corrected chi connectivity index (χ3v) is 3.50. The summed E-state index contributed by atoms with van der Waals surface area (Å²) >= 11 is 6.33. The van der Waals surface area contributed by atoms with Gasteiger partial charge in [0.2, 0.25) is 0 Å². The highest BCUT2D eigenvalue weighted by Crippen LogP contribution is 2.19. The van der Waals surface area contributed by atoms with E-state index < -0.39 is 6.09 Å². The van der Waals surface area contributed by atoms with Gasteiger partial charge in [0.25, 0.3) is 0 Å². The molecule has 0 saturated carbocycles. The highest BCUT2D eigenvalue weighted by atomic mass is 35.5. The Morgan fingerprint density at radius 3 is 2.73 bits per heavy atom. The van der Waals surface area contributed by atoms with Gasteiger partial charge in [-0.25, -0.2) is 14.9 Å². The maximum atomic E-state index is 10.9. The van der Waals surface area contributed by atoms with Gasteiger partial charge in [-0.2, -0.15) is 10.2 Å². The summed E-state index contributed by atoms with van der Waals surface area (Å²) in [6.07, 6.45) is 0.810. The van der Waals surface area contributed by atoms with Gasteiger partial charge in [-0.05, 0) is 19.4 Å². The highest BCUT2D eigenvalue weighted by Gasteiger charge is 2.12. The molecule has 0 atom stereocenters. The van der Waals surface area contributed by atoms with Crippen molar-refractivity contribution in [1.29, 1.82) is 0 Å². The summed E-state index contributed by atoms with van der Waals surface area (Å²) in [6, 6.07) is 8.16. The summed E-state index contributed by atoms with van der Waals surface area (Å²) in [5, 5.41) is 8.64. The molecule has 1 amide bonds. The number of methoxy groups -OCH3 is 1. The number of hydrazone groups is 1. The van der Waals surface area contributed by atoms with E-state index in [4.69, 9.17) is 11.6 Å². The highest BCUT2D eigenvalue weighted by molar-refractivity contribution is 6.32. The van der Waals surface area contributed by atoms with E-state index in [2.05, 4.69) is 20.4 Å². The van der Waals surface area contributed by atoms with Crippen molar-refractivity contribution in [3.05, 3.63) is 51.8 Å². The number of aryl methyl sites for hydroxylation is 2. The van der Waals surface area contributed by atoms with Crippen LogP contribution in [0.4, 0.5) is 4.79 Å². The van der Waals surface area contributed by atoms with Gasteiger partial charge in [-0.3, -0.25) is 0 Å². The lowest BCUT2D eigenvalue weighted by Gasteiger charge is -2.04. The van der Waals surface area contributed by atoms with Gasteiger partial charge in [0, 0.05) is 0 Å². The first-order valence-electron chi connectivity index (χ1n) is 6.66. The first-order valence-corrected chi connectivity index (χ1v) is 7.04. The number of nitrogens with zero attached hydrogens (tertiary/aromatic N) is 3. The lowest BCUT2D eigenvalue weighted by molar-refractivity contribution is 0.171. The molecule has 0 saturated heterocycles. The topological polar surface area (TPSA) is 68.5 Å². The molecule has 0 aliphatic heterocycles. The third kappa shape index (κ3) is 3.85. The number of hydrogen-bond acceptors (Lipinski definition) is 4. The maximum Gasteiger partial charge on any atom is 0.427 e. The fourth-order valence-corrected chi connectivity index (χ4v) is 2.16. The Labute approximate surface area is 133 Å². The van der Waals surface area contributed by atoms with Crippen molar-refractivity contribution in [3.63, 3.8) is 0 Å². The van der Waals surface area contributed by atoms with Gasteiger partial charge >= 0.3 is 6.09 Å². The zero-order valence-electron chi connectivity index (χ0n) is 12.6. The number of aromatic nitrogens is 2. The van der Waals surface area contributed by atoms with E-state index in [0.29, 0.717) is 17.3 Å². The summed E-state index contributed by atoms with van der Waals surface area (Å²) in [5.74, 6) is 0. The van der Waals surface area contributed by atoms with Crippen LogP contribution < -0.4 is 5.43 Å². The van der Waals surface area contributed by atoms with Crippen molar-refractivity contribution in [3.8, 4) is 0 Å². The van der Waals surface area contributed by atoms with Crippen LogP contribution in [0.2, 0.25) is 5.15 Å². The number of nitrogens with one attached hydrogen (secondary N) is 1. The number of amides is 1. The average Bonchev–Trinajstić information content (AvgIpc) is 2.76. The first kappa shape index (κ1) is 16.0. The van der Waals surface area contributed by atoms with E-state index in [0.717, 1.165) is 11.3 Å². The minimum Gasteiger partial charge on any atom is -0.452 e. The molecule has 7 heteroatoms. The van der Waals surface area contributed by atoms with E-state index in [1.165, 1.54) is 18.9 Å². The van der Waals surface area contributed by atoms with E-state index in [1.807, 2.05) is 38.1 Å². The molecule has 1 heterocycles. The van der Waals surface area contributed by atoms with E-state index in [9.17, 15) is 4.79 Å². The molecule has 2 aromatic rings. The molecule has 22 heavy (non-hydrogen) atoms. The molecule has 0 fully saturated rings. The summed E-state index contributed by atoms with van der Waals surface area (Å²) in [6.45, 7) is 4.44. The Morgan fingerprint density at radius 2 is 2.09 bits per heavy atom. The lowest BCUT2D eigenvalue weighted by atomic mass is 10.1. The standard InChI is InChI=1S/C15H17ClN4O2/c1-10-4-6-12(7-5-10)9-20-14(16)13(11(2)19-20)8-17-18-15(21)22-3/h4-8H,9H2,1-3H3,(H,18,21)/b17-8-. The second-order valence-corrected chi connectivity index (χ2v) is 5.15. The summed E-state index contributed by atoms with van der Waals surface area (Å²) < 4.78 is 6.12. The predicted octanol–water partition coefficient (Wildman–Crippen LogP) is 2.89. The van der Waals surface area contributed by atoms with Crippen molar-refractivity contribution < 1.29 is 9.53 Å². The summed E-state index contributed by atoms with van der Waals surface area (Å²) in [5.41, 5.74) is 5.90. The van der Waals surface area contributed by atoms with Crippen LogP contribution in [0.15, 0.2) is 29.4 Å². The van der Waals surface area contributed by atoms with Crippen molar-refractivity contribution in [1.82, 2.24) is 15.2 Å². The van der Waals surface area contributed by atoms with Crippen molar-refractivity contribution in [2.24, 2.45) is 5.10 Å². The molecule has 0 aliphatic rings. The van der Waals surface area contributed by atoms with Crippen LogP contribution >= 0.6 is 11.6 Å². The van der Waals surface area contributed by atoms with Gasteiger partial charge in [0.05, 0.1) is 31.1 Å². The second-order valence-electron chi connectivity index (χ2n) is 4.79. The molecule has 1 aromatic heterocycles. The first-order chi connectivity index (χ1) is 10.5. The summed E-state index contributed by atoms with van der Waals surface area (Å²) in [7, 11) is 1.27. The molecule has 0 unspecified atom stereocenters. The monoisotopic (exact) mass is 320 g/mol. The largest absolute Gasteiger partial charge is 0.452 e. The number of carbonyl (C=O) groups is 1. The third-order valence-electron chi connectivity index (χ3n) is 3.10. The number of benzene rings is 1. The fraction of sp³-hybridized carbons (Fsp3) is 0.267. The van der Waals surface area contributed by atoms with Crippen LogP contribution in [0.3, 0.4) is 0 Å². The van der Waals surface area contributed by atoms with Gasteiger partial charge in [0.1, 0.15) is 5.15 Å². The van der Waals surface area contributed by atoms with Crippen molar-refractivity contribution >= 4 is 23.9 Å². The Bertz CT molecular complexity index is 692. The summed E-state index contributed by atoms with van der Waals surface area (Å²) in [4.78, 5) is 10.9. The average molecular weight is 321 g/mol. The molecule has 1 N–H and O–H groups in total. The van der Waals surface area contributed by atoms with Crippen LogP contribution in [0.25, 0.3) is 0 Å². The molecular weight excluding hydrogens is 304 g/mol. The molecular formula is C15H17ClN4O2. The van der Waals surface area contributed by atoms with Crippen LogP contribution in [0.5, 0.6) is 0 Å². The molecule has 0 spiro atoms. The zero-order valence-corrected chi connectivity index (χ0v) is 13.4. The van der Waals surface area contributed by atoms with Crippen LogP contribution in [-0.2, 0) is 11.3 Å². The number of halogens is 1. The van der Waals surface area contributed by atoms with Crippen molar-refractivity contribution in [2.75, 3.05) is 7.11 Å². The molecule has 6 nitrogen and oxygen atoms in total. The normalized spacial score (nSPS) is 10.9. The van der Waals surface area contributed by atoms with E-state index >= 15 is 0 Å². The minimum atomic E-state index is -0.642. The number of carbonyl (C=O) groups excluding carboxylic acids is 1. The quantitative estimate of drug-likeness (QED) is 0.695. The van der Waals surface area contributed by atoms with Gasteiger partial charge < -0.3 is 4.74 Å². The van der Waals surface area contributed by atoms with Gasteiger partial charge in [-0.1, -0.05) is 41.4 Å². The number of hydrogen-bond donors (Lipinski definition) is 1. The SMILES string of the molecule is COC(=O)N/N=C\c1c(C)nn(Cc2ccc(C)cc2)c1Cl. The van der Waals surface area contributed by atoms with Gasteiger partial charge in [-0.15, -0.1) is 0 Å².